The Hall–Kier alpha value is -1.89. The average molecular weight is 307 g/mol. The van der Waals surface area contributed by atoms with Gasteiger partial charge in [0.15, 0.2) is 9.84 Å². The van der Waals surface area contributed by atoms with E-state index in [1.54, 1.807) is 25.4 Å². The minimum Gasteiger partial charge on any atom is -0.338 e. The van der Waals surface area contributed by atoms with Gasteiger partial charge in [-0.25, -0.2) is 13.4 Å². The first-order valence-electron chi connectivity index (χ1n) is 6.79. The van der Waals surface area contributed by atoms with E-state index in [2.05, 4.69) is 4.98 Å². The molecule has 1 saturated heterocycles. The van der Waals surface area contributed by atoms with Crippen molar-refractivity contribution in [3.63, 3.8) is 0 Å². The fourth-order valence-corrected chi connectivity index (χ4v) is 4.47. The zero-order chi connectivity index (χ0) is 15.2. The lowest BCUT2D eigenvalue weighted by Gasteiger charge is -2.23. The summed E-state index contributed by atoms with van der Waals surface area (Å²) in [6, 6.07) is 3.28. The number of fused-ring (bicyclic) bond motifs is 1. The van der Waals surface area contributed by atoms with E-state index in [0.29, 0.717) is 12.0 Å². The van der Waals surface area contributed by atoms with E-state index in [-0.39, 0.29) is 23.5 Å². The number of sulfone groups is 1. The van der Waals surface area contributed by atoms with Crippen LogP contribution in [-0.4, -0.2) is 53.2 Å². The quantitative estimate of drug-likeness (QED) is 0.826. The summed E-state index contributed by atoms with van der Waals surface area (Å²) in [6.07, 6.45) is 4.10. The molecule has 112 valence electrons. The highest BCUT2D eigenvalue weighted by Crippen LogP contribution is 2.19. The van der Waals surface area contributed by atoms with Crippen LogP contribution in [-0.2, 0) is 9.84 Å². The van der Waals surface area contributed by atoms with Gasteiger partial charge in [-0.1, -0.05) is 0 Å². The topological polar surface area (TPSA) is 71.8 Å². The van der Waals surface area contributed by atoms with Crippen LogP contribution in [0.1, 0.15) is 22.5 Å². The van der Waals surface area contributed by atoms with Gasteiger partial charge in [-0.05, 0) is 25.5 Å². The lowest BCUT2D eigenvalue weighted by molar-refractivity contribution is 0.0747. The summed E-state index contributed by atoms with van der Waals surface area (Å²) in [6.45, 7) is 1.89. The smallest absolute Gasteiger partial charge is 0.255 e. The molecule has 1 atom stereocenters. The number of carbonyl (C=O) groups excluding carboxylic acids is 1. The first-order chi connectivity index (χ1) is 9.85. The lowest BCUT2D eigenvalue weighted by Crippen LogP contribution is -2.37. The number of carbonyl (C=O) groups is 1. The van der Waals surface area contributed by atoms with Crippen LogP contribution in [0.15, 0.2) is 24.5 Å². The zero-order valence-electron chi connectivity index (χ0n) is 12.0. The van der Waals surface area contributed by atoms with E-state index in [1.165, 1.54) is 4.90 Å². The van der Waals surface area contributed by atoms with Crippen molar-refractivity contribution in [2.45, 2.75) is 19.4 Å². The maximum Gasteiger partial charge on any atom is 0.255 e. The van der Waals surface area contributed by atoms with Crippen LogP contribution in [0.4, 0.5) is 0 Å². The van der Waals surface area contributed by atoms with Gasteiger partial charge in [0.1, 0.15) is 5.65 Å². The Bertz CT molecular complexity index is 810. The van der Waals surface area contributed by atoms with E-state index in [0.717, 1.165) is 11.3 Å². The van der Waals surface area contributed by atoms with Gasteiger partial charge in [-0.15, -0.1) is 0 Å². The van der Waals surface area contributed by atoms with Gasteiger partial charge in [0.25, 0.3) is 5.91 Å². The fourth-order valence-electron chi connectivity index (χ4n) is 2.70. The minimum absolute atomic E-state index is 0.0572. The van der Waals surface area contributed by atoms with E-state index < -0.39 is 9.84 Å². The molecule has 21 heavy (non-hydrogen) atoms. The molecular weight excluding hydrogens is 290 g/mol. The number of aromatic nitrogens is 2. The first kappa shape index (κ1) is 14.1. The van der Waals surface area contributed by atoms with Crippen molar-refractivity contribution in [3.8, 4) is 0 Å². The summed E-state index contributed by atoms with van der Waals surface area (Å²) in [5, 5.41) is 0. The van der Waals surface area contributed by atoms with Crippen LogP contribution in [0.3, 0.4) is 0 Å². The third-order valence-corrected chi connectivity index (χ3v) is 5.65. The molecule has 1 aliphatic rings. The molecule has 0 radical (unpaired) electrons. The molecule has 2 aromatic heterocycles. The Morgan fingerprint density at radius 2 is 2.14 bits per heavy atom. The second-order valence-corrected chi connectivity index (χ2v) is 7.77. The van der Waals surface area contributed by atoms with Crippen molar-refractivity contribution >= 4 is 21.4 Å². The molecule has 1 amide bonds. The number of rotatable bonds is 2. The van der Waals surface area contributed by atoms with Crippen molar-refractivity contribution in [1.82, 2.24) is 14.3 Å². The fraction of sp³-hybridized carbons (Fsp3) is 0.429. The van der Waals surface area contributed by atoms with Crippen molar-refractivity contribution in [2.75, 3.05) is 18.6 Å². The third kappa shape index (κ3) is 2.65. The Kier molecular flexibility index (Phi) is 3.24. The number of amides is 1. The average Bonchev–Trinajstić information content (AvgIpc) is 2.97. The third-order valence-electron chi connectivity index (χ3n) is 3.89. The summed E-state index contributed by atoms with van der Waals surface area (Å²) >= 11 is 0. The van der Waals surface area contributed by atoms with Crippen molar-refractivity contribution < 1.29 is 13.2 Å². The molecule has 7 heteroatoms. The Morgan fingerprint density at radius 3 is 2.81 bits per heavy atom. The van der Waals surface area contributed by atoms with Gasteiger partial charge in [-0.3, -0.25) is 4.79 Å². The number of nitrogens with zero attached hydrogens (tertiary/aromatic N) is 3. The van der Waals surface area contributed by atoms with Crippen LogP contribution in [0.2, 0.25) is 0 Å². The van der Waals surface area contributed by atoms with E-state index >= 15 is 0 Å². The molecule has 0 spiro atoms. The lowest BCUT2D eigenvalue weighted by atomic mass is 10.2. The zero-order valence-corrected chi connectivity index (χ0v) is 12.8. The Labute approximate surface area is 123 Å². The highest BCUT2D eigenvalue weighted by Gasteiger charge is 2.33. The van der Waals surface area contributed by atoms with Crippen molar-refractivity contribution in [2.24, 2.45) is 0 Å². The standard InChI is InChI=1S/C14H17N3O3S/c1-10-7-17-8-11(3-4-13(17)15-10)14(18)16(2)12-5-6-21(19,20)9-12/h3-4,7-8,12H,5-6,9H2,1-2H3. The molecule has 2 aromatic rings. The van der Waals surface area contributed by atoms with Gasteiger partial charge >= 0.3 is 0 Å². The number of imidazole rings is 1. The van der Waals surface area contributed by atoms with Crippen LogP contribution < -0.4 is 0 Å². The molecule has 0 aromatic carbocycles. The predicted octanol–water partition coefficient (Wildman–Crippen LogP) is 0.902. The van der Waals surface area contributed by atoms with E-state index in [1.807, 2.05) is 17.5 Å². The van der Waals surface area contributed by atoms with E-state index in [4.69, 9.17) is 0 Å². The maximum absolute atomic E-state index is 12.5. The minimum atomic E-state index is -3.00. The molecule has 1 unspecified atom stereocenters. The van der Waals surface area contributed by atoms with Crippen LogP contribution in [0.5, 0.6) is 0 Å². The van der Waals surface area contributed by atoms with Gasteiger partial charge < -0.3 is 9.30 Å². The second-order valence-electron chi connectivity index (χ2n) is 5.54. The normalized spacial score (nSPS) is 20.8. The number of hydrogen-bond acceptors (Lipinski definition) is 4. The Balaban J connectivity index is 1.86. The number of pyridine rings is 1. The summed E-state index contributed by atoms with van der Waals surface area (Å²) in [7, 11) is -1.33. The van der Waals surface area contributed by atoms with Gasteiger partial charge in [0.2, 0.25) is 0 Å². The highest BCUT2D eigenvalue weighted by molar-refractivity contribution is 7.91. The molecular formula is C14H17N3O3S. The van der Waals surface area contributed by atoms with Crippen LogP contribution in [0.25, 0.3) is 5.65 Å². The number of hydrogen-bond donors (Lipinski definition) is 0. The second kappa shape index (κ2) is 4.84. The van der Waals surface area contributed by atoms with Crippen LogP contribution in [0, 0.1) is 6.92 Å². The molecule has 0 aliphatic carbocycles. The van der Waals surface area contributed by atoms with E-state index in [9.17, 15) is 13.2 Å². The monoisotopic (exact) mass is 307 g/mol. The van der Waals surface area contributed by atoms with Crippen molar-refractivity contribution in [1.29, 1.82) is 0 Å². The number of aryl methyl sites for hydroxylation is 1. The van der Waals surface area contributed by atoms with Gasteiger partial charge in [-0.2, -0.15) is 0 Å². The molecule has 3 rings (SSSR count). The molecule has 0 saturated carbocycles. The molecule has 1 fully saturated rings. The molecule has 0 N–H and O–H groups in total. The Morgan fingerprint density at radius 1 is 1.38 bits per heavy atom. The molecule has 3 heterocycles. The SMILES string of the molecule is Cc1cn2cc(C(=O)N(C)C3CCS(=O)(=O)C3)ccc2n1. The summed E-state index contributed by atoms with van der Waals surface area (Å²) in [4.78, 5) is 18.3. The summed E-state index contributed by atoms with van der Waals surface area (Å²) in [5.74, 6) is 0.0572. The molecule has 0 bridgehead atoms. The maximum atomic E-state index is 12.5. The summed E-state index contributed by atoms with van der Waals surface area (Å²) in [5.41, 5.74) is 2.21. The first-order valence-corrected chi connectivity index (χ1v) is 8.61. The predicted molar refractivity (Wildman–Crippen MR) is 79.1 cm³/mol. The largest absolute Gasteiger partial charge is 0.338 e. The van der Waals surface area contributed by atoms with Crippen LogP contribution >= 0.6 is 0 Å². The highest BCUT2D eigenvalue weighted by atomic mass is 32.2. The van der Waals surface area contributed by atoms with Gasteiger partial charge in [0, 0.05) is 25.5 Å². The van der Waals surface area contributed by atoms with Crippen molar-refractivity contribution in [3.05, 3.63) is 35.8 Å². The molecule has 1 aliphatic heterocycles. The summed E-state index contributed by atoms with van der Waals surface area (Å²) < 4.78 is 24.9. The molecule has 6 nitrogen and oxygen atoms in total. The van der Waals surface area contributed by atoms with Gasteiger partial charge in [0.05, 0.1) is 22.8 Å².